The van der Waals surface area contributed by atoms with E-state index in [1.165, 1.54) is 12.5 Å². The van der Waals surface area contributed by atoms with Crippen LogP contribution in [0.4, 0.5) is 11.8 Å². The van der Waals surface area contributed by atoms with Crippen molar-refractivity contribution < 1.29 is 0 Å². The number of hydrazine groups is 1. The first-order chi connectivity index (χ1) is 8.29. The van der Waals surface area contributed by atoms with E-state index in [1.807, 2.05) is 0 Å². The third kappa shape index (κ3) is 2.99. The predicted molar refractivity (Wildman–Crippen MR) is 64.2 cm³/mol. The molecule has 0 aliphatic rings. The van der Waals surface area contributed by atoms with Gasteiger partial charge in [-0.1, -0.05) is 11.6 Å². The molecule has 7 nitrogen and oxygen atoms in total. The fourth-order valence-electron chi connectivity index (χ4n) is 1.16. The van der Waals surface area contributed by atoms with Crippen LogP contribution < -0.4 is 16.6 Å². The van der Waals surface area contributed by atoms with E-state index in [9.17, 15) is 0 Å². The minimum atomic E-state index is 0.291. The monoisotopic (exact) mass is 251 g/mol. The Morgan fingerprint density at radius 2 is 2.24 bits per heavy atom. The van der Waals surface area contributed by atoms with E-state index >= 15 is 0 Å². The van der Waals surface area contributed by atoms with E-state index in [0.717, 1.165) is 5.69 Å². The Morgan fingerprint density at radius 3 is 2.94 bits per heavy atom. The molecule has 0 fully saturated rings. The van der Waals surface area contributed by atoms with Crippen molar-refractivity contribution in [1.82, 2.24) is 19.9 Å². The number of rotatable bonds is 4. The molecule has 8 heteroatoms. The van der Waals surface area contributed by atoms with Crippen LogP contribution in [-0.4, -0.2) is 19.9 Å². The van der Waals surface area contributed by atoms with Gasteiger partial charge in [-0.25, -0.2) is 20.8 Å². The number of hydrogen-bond acceptors (Lipinski definition) is 7. The zero-order chi connectivity index (χ0) is 12.1. The van der Waals surface area contributed by atoms with Crippen molar-refractivity contribution in [2.45, 2.75) is 6.54 Å². The smallest absolute Gasteiger partial charge is 0.239 e. The number of hydrogen-bond donors (Lipinski definition) is 3. The molecule has 2 aromatic rings. The Bertz CT molecular complexity index is 490. The van der Waals surface area contributed by atoms with Crippen molar-refractivity contribution in [1.29, 1.82) is 0 Å². The SMILES string of the molecule is NNc1ncc(Cl)c(NCc2ccncn2)n1. The molecular weight excluding hydrogens is 242 g/mol. The van der Waals surface area contributed by atoms with E-state index in [1.54, 1.807) is 12.3 Å². The van der Waals surface area contributed by atoms with Crippen LogP contribution in [0.2, 0.25) is 5.02 Å². The van der Waals surface area contributed by atoms with Crippen molar-refractivity contribution in [2.75, 3.05) is 10.7 Å². The van der Waals surface area contributed by atoms with Crippen LogP contribution >= 0.6 is 11.6 Å². The Balaban J connectivity index is 2.08. The maximum atomic E-state index is 5.93. The molecule has 0 aromatic carbocycles. The van der Waals surface area contributed by atoms with Crippen molar-refractivity contribution in [3.63, 3.8) is 0 Å². The summed E-state index contributed by atoms with van der Waals surface area (Å²) in [6, 6.07) is 1.80. The Labute approximate surface area is 102 Å². The molecule has 88 valence electrons. The van der Waals surface area contributed by atoms with Gasteiger partial charge in [0.05, 0.1) is 18.4 Å². The maximum Gasteiger partial charge on any atom is 0.239 e. The second-order valence-corrected chi connectivity index (χ2v) is 3.50. The lowest BCUT2D eigenvalue weighted by molar-refractivity contribution is 0.989. The third-order valence-corrected chi connectivity index (χ3v) is 2.23. The van der Waals surface area contributed by atoms with E-state index in [0.29, 0.717) is 23.3 Å². The number of anilines is 2. The zero-order valence-corrected chi connectivity index (χ0v) is 9.52. The third-order valence-electron chi connectivity index (χ3n) is 1.95. The van der Waals surface area contributed by atoms with Crippen LogP contribution in [0.25, 0.3) is 0 Å². The average Bonchev–Trinajstić information content (AvgIpc) is 2.39. The first-order valence-corrected chi connectivity index (χ1v) is 5.15. The lowest BCUT2D eigenvalue weighted by Gasteiger charge is -2.07. The van der Waals surface area contributed by atoms with E-state index in [-0.39, 0.29) is 0 Å². The van der Waals surface area contributed by atoms with Crippen LogP contribution in [-0.2, 0) is 6.54 Å². The molecule has 2 rings (SSSR count). The van der Waals surface area contributed by atoms with Gasteiger partial charge in [-0.05, 0) is 6.07 Å². The summed E-state index contributed by atoms with van der Waals surface area (Å²) in [6.07, 6.45) is 4.61. The molecule has 0 saturated heterocycles. The van der Waals surface area contributed by atoms with Crippen LogP contribution in [0.5, 0.6) is 0 Å². The molecule has 0 spiro atoms. The van der Waals surface area contributed by atoms with Gasteiger partial charge in [0.25, 0.3) is 0 Å². The largest absolute Gasteiger partial charge is 0.363 e. The number of aromatic nitrogens is 4. The van der Waals surface area contributed by atoms with E-state index < -0.39 is 0 Å². The minimum absolute atomic E-state index is 0.291. The topological polar surface area (TPSA) is 102 Å². The highest BCUT2D eigenvalue weighted by atomic mass is 35.5. The first-order valence-electron chi connectivity index (χ1n) is 4.77. The highest BCUT2D eigenvalue weighted by Crippen LogP contribution is 2.19. The molecular formula is C9H10ClN7. The summed E-state index contributed by atoms with van der Waals surface area (Å²) in [5.41, 5.74) is 3.18. The average molecular weight is 252 g/mol. The lowest BCUT2D eigenvalue weighted by atomic mass is 10.4. The molecule has 0 amide bonds. The summed E-state index contributed by atoms with van der Waals surface area (Å²) in [6.45, 7) is 0.489. The van der Waals surface area contributed by atoms with Crippen LogP contribution in [0.15, 0.2) is 24.8 Å². The molecule has 2 aromatic heterocycles. The summed E-state index contributed by atoms with van der Waals surface area (Å²) >= 11 is 5.93. The predicted octanol–water partition coefficient (Wildman–Crippen LogP) is 0.818. The molecule has 2 heterocycles. The number of nitrogens with two attached hydrogens (primary N) is 1. The fourth-order valence-corrected chi connectivity index (χ4v) is 1.32. The summed E-state index contributed by atoms with van der Waals surface area (Å²) in [7, 11) is 0. The van der Waals surface area contributed by atoms with Crippen LogP contribution in [0, 0.1) is 0 Å². The van der Waals surface area contributed by atoms with Gasteiger partial charge in [0.2, 0.25) is 5.95 Å². The highest BCUT2D eigenvalue weighted by molar-refractivity contribution is 6.32. The van der Waals surface area contributed by atoms with Gasteiger partial charge in [-0.3, -0.25) is 5.43 Å². The maximum absolute atomic E-state index is 5.93. The van der Waals surface area contributed by atoms with Crippen molar-refractivity contribution in [3.05, 3.63) is 35.5 Å². The number of nitrogen functional groups attached to an aromatic ring is 1. The van der Waals surface area contributed by atoms with E-state index in [2.05, 4.69) is 30.7 Å². The molecule has 4 N–H and O–H groups in total. The number of halogens is 1. The molecule has 0 atom stereocenters. The lowest BCUT2D eigenvalue weighted by Crippen LogP contribution is -2.12. The van der Waals surface area contributed by atoms with Crippen molar-refractivity contribution in [3.8, 4) is 0 Å². The molecule has 0 bridgehead atoms. The Morgan fingerprint density at radius 1 is 1.35 bits per heavy atom. The first kappa shape index (κ1) is 11.5. The van der Waals surface area contributed by atoms with E-state index in [4.69, 9.17) is 17.4 Å². The van der Waals surface area contributed by atoms with Gasteiger partial charge in [0.15, 0.2) is 5.82 Å². The standard InChI is InChI=1S/C9H10ClN7/c10-7-4-14-9(17-11)16-8(7)13-3-6-1-2-12-5-15-6/h1-2,4-5H,3,11H2,(H2,13,14,16,17). The Hall–Kier alpha value is -1.99. The highest BCUT2D eigenvalue weighted by Gasteiger charge is 2.04. The summed E-state index contributed by atoms with van der Waals surface area (Å²) in [4.78, 5) is 15.8. The molecule has 0 unspecified atom stereocenters. The van der Waals surface area contributed by atoms with Gasteiger partial charge in [0, 0.05) is 6.20 Å². The second-order valence-electron chi connectivity index (χ2n) is 3.09. The van der Waals surface area contributed by atoms with Gasteiger partial charge >= 0.3 is 0 Å². The van der Waals surface area contributed by atoms with Gasteiger partial charge < -0.3 is 5.32 Å². The van der Waals surface area contributed by atoms with Gasteiger partial charge in [0.1, 0.15) is 11.3 Å². The molecule has 0 aliphatic heterocycles. The molecule has 0 aliphatic carbocycles. The van der Waals surface area contributed by atoms with Crippen molar-refractivity contribution in [2.24, 2.45) is 5.84 Å². The molecule has 0 saturated carbocycles. The quantitative estimate of drug-likeness (QED) is 0.546. The Kier molecular flexibility index (Phi) is 3.63. The number of nitrogens with zero attached hydrogens (tertiary/aromatic N) is 4. The normalized spacial score (nSPS) is 10.0. The summed E-state index contributed by atoms with van der Waals surface area (Å²) in [5, 5.41) is 3.45. The summed E-state index contributed by atoms with van der Waals surface area (Å²) < 4.78 is 0. The van der Waals surface area contributed by atoms with Crippen LogP contribution in [0.3, 0.4) is 0 Å². The van der Waals surface area contributed by atoms with Crippen molar-refractivity contribution >= 4 is 23.4 Å². The molecule has 17 heavy (non-hydrogen) atoms. The fraction of sp³-hybridized carbons (Fsp3) is 0.111. The van der Waals surface area contributed by atoms with Gasteiger partial charge in [-0.2, -0.15) is 4.98 Å². The van der Waals surface area contributed by atoms with Gasteiger partial charge in [-0.15, -0.1) is 0 Å². The molecule has 0 radical (unpaired) electrons. The number of nitrogens with one attached hydrogen (secondary N) is 2. The second kappa shape index (κ2) is 5.37. The minimum Gasteiger partial charge on any atom is -0.363 e. The zero-order valence-electron chi connectivity index (χ0n) is 8.76. The van der Waals surface area contributed by atoms with Crippen LogP contribution in [0.1, 0.15) is 5.69 Å². The summed E-state index contributed by atoms with van der Waals surface area (Å²) in [5.74, 6) is 5.99.